The molecule has 2 aromatic carbocycles. The highest BCUT2D eigenvalue weighted by molar-refractivity contribution is 9.11. The Balaban J connectivity index is 1.73. The molecule has 1 heterocycles. The highest BCUT2D eigenvalue weighted by Gasteiger charge is 2.32. The number of amides is 1. The molecule has 1 atom stereocenters. The van der Waals surface area contributed by atoms with E-state index in [1.807, 2.05) is 6.07 Å². The Labute approximate surface area is 241 Å². The second-order valence-corrected chi connectivity index (χ2v) is 9.84. The fourth-order valence-electron chi connectivity index (χ4n) is 3.54. The monoisotopic (exact) mass is 663 g/mol. The molecule has 1 aliphatic rings. The number of hydrogen-bond acceptors (Lipinski definition) is 8. The van der Waals surface area contributed by atoms with Gasteiger partial charge in [0.1, 0.15) is 17.6 Å². The van der Waals surface area contributed by atoms with Crippen LogP contribution in [0.15, 0.2) is 61.7 Å². The van der Waals surface area contributed by atoms with Crippen LogP contribution in [0.2, 0.25) is 0 Å². The topological polar surface area (TPSA) is 134 Å². The van der Waals surface area contributed by atoms with Crippen LogP contribution in [0.1, 0.15) is 31.0 Å². The molecule has 0 radical (unpaired) electrons. The van der Waals surface area contributed by atoms with Gasteiger partial charge >= 0.3 is 5.97 Å². The van der Waals surface area contributed by atoms with Crippen molar-refractivity contribution < 1.29 is 23.8 Å². The first-order valence-corrected chi connectivity index (χ1v) is 13.2. The minimum Gasteiger partial charge on any atom is -0.483 e. The number of carbonyl (C=O) groups excluding carboxylic acids is 2. The summed E-state index contributed by atoms with van der Waals surface area (Å²) in [5.41, 5.74) is 4.47. The van der Waals surface area contributed by atoms with Crippen LogP contribution in [0.3, 0.4) is 0 Å². The Hall–Kier alpha value is -3.47. The van der Waals surface area contributed by atoms with E-state index in [1.54, 1.807) is 50.2 Å². The van der Waals surface area contributed by atoms with Crippen LogP contribution in [0.25, 0.3) is 0 Å². The van der Waals surface area contributed by atoms with Crippen molar-refractivity contribution in [2.45, 2.75) is 19.9 Å². The van der Waals surface area contributed by atoms with E-state index in [0.717, 1.165) is 4.47 Å². The maximum atomic E-state index is 12.7. The average molecular weight is 665 g/mol. The number of benzene rings is 2. The van der Waals surface area contributed by atoms with Crippen molar-refractivity contribution in [3.63, 3.8) is 0 Å². The maximum Gasteiger partial charge on any atom is 0.338 e. The van der Waals surface area contributed by atoms with Gasteiger partial charge in [-0.3, -0.25) is 4.79 Å². The van der Waals surface area contributed by atoms with E-state index >= 15 is 0 Å². The summed E-state index contributed by atoms with van der Waals surface area (Å²) in [6.45, 7) is 3.19. The van der Waals surface area contributed by atoms with Gasteiger partial charge in [-0.1, -0.05) is 34.1 Å². The van der Waals surface area contributed by atoms with E-state index in [-0.39, 0.29) is 19.8 Å². The molecule has 0 saturated carbocycles. The lowest BCUT2D eigenvalue weighted by Crippen LogP contribution is -2.45. The van der Waals surface area contributed by atoms with Crippen molar-refractivity contribution in [3.05, 3.63) is 67.7 Å². The lowest BCUT2D eigenvalue weighted by atomic mass is 9.95. The minimum atomic E-state index is -0.637. The molecule has 0 bridgehead atoms. The van der Waals surface area contributed by atoms with Crippen molar-refractivity contribution in [3.8, 4) is 17.6 Å². The number of nitriles is 1. The van der Waals surface area contributed by atoms with Crippen LogP contribution in [-0.2, 0) is 14.3 Å². The van der Waals surface area contributed by atoms with Crippen molar-refractivity contribution in [1.82, 2.24) is 16.1 Å². The zero-order valence-electron chi connectivity index (χ0n) is 20.3. The highest BCUT2D eigenvalue weighted by Crippen LogP contribution is 2.34. The van der Waals surface area contributed by atoms with Crippen molar-refractivity contribution >= 4 is 67.3 Å². The molecular formula is C25H23Br2N5O5S. The molecule has 0 aliphatic carbocycles. The molecule has 0 saturated heterocycles. The standard InChI is InChI=1S/C25H23Br2N5O5S/c1-3-35-24(34)21-14(2)30-25(38)31-22(21)17-6-4-5-7-19(17)37-13-20(33)32-29-12-15-10-16(26)11-18(27)23(15)36-9-8-28/h4-7,10-12,22H,3,9,13H2,1-2H3,(H,32,33)(H2,30,31,38)/t22-/m1/s1. The van der Waals surface area contributed by atoms with Gasteiger partial charge in [0.05, 0.1) is 28.9 Å². The summed E-state index contributed by atoms with van der Waals surface area (Å²) >= 11 is 12.1. The molecule has 0 spiro atoms. The fraction of sp³-hybridized carbons (Fsp3) is 0.240. The van der Waals surface area contributed by atoms with E-state index in [2.05, 4.69) is 53.0 Å². The van der Waals surface area contributed by atoms with Gasteiger partial charge in [0, 0.05) is 21.3 Å². The third-order valence-electron chi connectivity index (χ3n) is 5.06. The van der Waals surface area contributed by atoms with Crippen LogP contribution in [-0.4, -0.2) is 43.0 Å². The normalized spacial score (nSPS) is 14.8. The highest BCUT2D eigenvalue weighted by atomic mass is 79.9. The van der Waals surface area contributed by atoms with Crippen LogP contribution in [0, 0.1) is 11.3 Å². The first kappa shape index (κ1) is 29.1. The third-order valence-corrected chi connectivity index (χ3v) is 6.33. The van der Waals surface area contributed by atoms with Gasteiger partial charge in [-0.2, -0.15) is 10.4 Å². The van der Waals surface area contributed by atoms with Crippen LogP contribution >= 0.6 is 44.1 Å². The Morgan fingerprint density at radius 2 is 2.03 bits per heavy atom. The summed E-state index contributed by atoms with van der Waals surface area (Å²) in [6, 6.07) is 11.8. The van der Waals surface area contributed by atoms with Gasteiger partial charge in [-0.25, -0.2) is 10.2 Å². The lowest BCUT2D eigenvalue weighted by molar-refractivity contribution is -0.139. The third kappa shape index (κ3) is 7.53. The van der Waals surface area contributed by atoms with E-state index in [9.17, 15) is 9.59 Å². The van der Waals surface area contributed by atoms with Gasteiger partial charge in [-0.05, 0) is 60.2 Å². The predicted octanol–water partition coefficient (Wildman–Crippen LogP) is 4.00. The number of hydrazone groups is 1. The SMILES string of the molecule is CCOC(=O)C1=C(C)NC(=S)N[C@@H]1c1ccccc1OCC(=O)NN=Cc1cc(Br)cc(Br)c1OCC#N. The van der Waals surface area contributed by atoms with Gasteiger partial charge in [0.2, 0.25) is 0 Å². The molecule has 0 aromatic heterocycles. The number of rotatable bonds is 10. The van der Waals surface area contributed by atoms with E-state index in [0.29, 0.717) is 43.5 Å². The smallest absolute Gasteiger partial charge is 0.338 e. The maximum absolute atomic E-state index is 12.7. The first-order chi connectivity index (χ1) is 18.2. The van der Waals surface area contributed by atoms with Gasteiger partial charge in [-0.15, -0.1) is 0 Å². The molecule has 3 rings (SSSR count). The molecule has 198 valence electrons. The largest absolute Gasteiger partial charge is 0.483 e. The molecule has 0 fully saturated rings. The van der Waals surface area contributed by atoms with Crippen molar-refractivity contribution in [2.24, 2.45) is 5.10 Å². The first-order valence-electron chi connectivity index (χ1n) is 11.2. The summed E-state index contributed by atoms with van der Waals surface area (Å²) in [7, 11) is 0. The summed E-state index contributed by atoms with van der Waals surface area (Å²) in [4.78, 5) is 25.2. The molecule has 13 heteroatoms. The summed E-state index contributed by atoms with van der Waals surface area (Å²) in [5, 5.41) is 19.2. The number of nitrogens with zero attached hydrogens (tertiary/aromatic N) is 2. The number of carbonyl (C=O) groups is 2. The number of allylic oxidation sites excluding steroid dienone is 1. The number of halogens is 2. The van der Waals surface area contributed by atoms with Crippen LogP contribution in [0.5, 0.6) is 11.5 Å². The number of ether oxygens (including phenoxy) is 3. The molecule has 3 N–H and O–H groups in total. The Kier molecular flexibility index (Phi) is 10.6. The van der Waals surface area contributed by atoms with Gasteiger partial charge in [0.25, 0.3) is 5.91 Å². The van der Waals surface area contributed by atoms with E-state index in [4.69, 9.17) is 31.7 Å². The number of hydrogen-bond donors (Lipinski definition) is 3. The average Bonchev–Trinajstić information content (AvgIpc) is 2.86. The Morgan fingerprint density at radius 1 is 1.26 bits per heavy atom. The molecule has 0 unspecified atom stereocenters. The number of nitrogens with one attached hydrogen (secondary N) is 3. The van der Waals surface area contributed by atoms with Crippen molar-refractivity contribution in [2.75, 3.05) is 19.8 Å². The quantitative estimate of drug-likeness (QED) is 0.149. The van der Waals surface area contributed by atoms with E-state index in [1.165, 1.54) is 6.21 Å². The Bertz CT molecular complexity index is 1340. The molecule has 1 amide bonds. The van der Waals surface area contributed by atoms with Gasteiger partial charge < -0.3 is 24.8 Å². The predicted molar refractivity (Wildman–Crippen MR) is 152 cm³/mol. The molecule has 38 heavy (non-hydrogen) atoms. The summed E-state index contributed by atoms with van der Waals surface area (Å²) in [5.74, 6) is -0.218. The number of thiocarbonyl (C=S) groups is 1. The summed E-state index contributed by atoms with van der Waals surface area (Å²) < 4.78 is 17.8. The zero-order valence-corrected chi connectivity index (χ0v) is 24.3. The molecule has 1 aliphatic heterocycles. The van der Waals surface area contributed by atoms with Crippen LogP contribution < -0.4 is 25.5 Å². The molecule has 2 aromatic rings. The second kappa shape index (κ2) is 13.9. The number of para-hydroxylation sites is 1. The molecular weight excluding hydrogens is 642 g/mol. The molecule has 10 nitrogen and oxygen atoms in total. The Morgan fingerprint density at radius 3 is 2.76 bits per heavy atom. The van der Waals surface area contributed by atoms with E-state index < -0.39 is 17.9 Å². The van der Waals surface area contributed by atoms with Gasteiger partial charge in [0.15, 0.2) is 18.3 Å². The summed E-state index contributed by atoms with van der Waals surface area (Å²) in [6.07, 6.45) is 1.40. The fourth-order valence-corrected chi connectivity index (χ4v) is 5.18. The second-order valence-electron chi connectivity index (χ2n) is 7.66. The minimum absolute atomic E-state index is 0.149. The van der Waals surface area contributed by atoms with Crippen molar-refractivity contribution in [1.29, 1.82) is 5.26 Å². The zero-order chi connectivity index (χ0) is 27.7. The lowest BCUT2D eigenvalue weighted by Gasteiger charge is -2.30. The van der Waals surface area contributed by atoms with Crippen LogP contribution in [0.4, 0.5) is 0 Å². The number of esters is 1.